The number of fused-ring (bicyclic) bond motifs is 4. The monoisotopic (exact) mass is 387 g/mol. The smallest absolute Gasteiger partial charge is 0.414 e. The van der Waals surface area contributed by atoms with E-state index in [-0.39, 0.29) is 19.1 Å². The van der Waals surface area contributed by atoms with Crippen LogP contribution in [0.25, 0.3) is 11.1 Å². The van der Waals surface area contributed by atoms with Crippen LogP contribution in [0, 0.1) is 0 Å². The Morgan fingerprint density at radius 1 is 1.00 bits per heavy atom. The summed E-state index contributed by atoms with van der Waals surface area (Å²) in [5.41, 5.74) is 6.00. The second-order valence-corrected chi connectivity index (χ2v) is 7.23. The molecule has 3 aromatic carbocycles. The zero-order valence-electron chi connectivity index (χ0n) is 15.9. The molecule has 0 saturated carbocycles. The highest BCUT2D eigenvalue weighted by atomic mass is 16.6. The highest BCUT2D eigenvalue weighted by Gasteiger charge is 2.31. The molecule has 146 valence electrons. The molecule has 1 heterocycles. The van der Waals surface area contributed by atoms with Crippen LogP contribution < -0.4 is 9.64 Å². The number of benzene rings is 3. The minimum atomic E-state index is -0.419. The molecule has 1 aliphatic heterocycles. The van der Waals surface area contributed by atoms with E-state index < -0.39 is 6.09 Å². The van der Waals surface area contributed by atoms with Crippen molar-refractivity contribution in [3.63, 3.8) is 0 Å². The minimum absolute atomic E-state index is 0.0138. The summed E-state index contributed by atoms with van der Waals surface area (Å²) >= 11 is 0. The first kappa shape index (κ1) is 17.8. The van der Waals surface area contributed by atoms with Gasteiger partial charge in [0.2, 0.25) is 0 Å². The van der Waals surface area contributed by atoms with Crippen LogP contribution in [0.15, 0.2) is 66.7 Å². The van der Waals surface area contributed by atoms with Crippen molar-refractivity contribution in [1.29, 1.82) is 0 Å². The van der Waals surface area contributed by atoms with Crippen LogP contribution in [0.1, 0.15) is 22.6 Å². The molecule has 0 atom stereocenters. The second kappa shape index (κ2) is 7.26. The van der Waals surface area contributed by atoms with E-state index >= 15 is 0 Å². The minimum Gasteiger partial charge on any atom is -0.490 e. The third-order valence-corrected chi connectivity index (χ3v) is 5.65. The standard InChI is InChI=1S/C24H21NO4/c26-14-16-6-5-11-22-23(16)25(12-13-28-22)24(27)29-15-21-19-9-3-1-7-17(19)18-8-2-4-10-20(18)21/h1-11,21,26H,12-15H2. The number of amides is 1. The molecule has 0 fully saturated rings. The van der Waals surface area contributed by atoms with Gasteiger partial charge in [-0.25, -0.2) is 4.79 Å². The van der Waals surface area contributed by atoms with E-state index in [4.69, 9.17) is 9.47 Å². The normalized spacial score (nSPS) is 14.6. The number of carbonyl (C=O) groups is 1. The summed E-state index contributed by atoms with van der Waals surface area (Å²) in [7, 11) is 0. The third-order valence-electron chi connectivity index (χ3n) is 5.65. The number of anilines is 1. The van der Waals surface area contributed by atoms with Crippen LogP contribution in [-0.4, -0.2) is 31.0 Å². The predicted octanol–water partition coefficient (Wildman–Crippen LogP) is 4.33. The van der Waals surface area contributed by atoms with E-state index in [1.165, 1.54) is 22.3 Å². The van der Waals surface area contributed by atoms with Gasteiger partial charge in [-0.1, -0.05) is 60.7 Å². The summed E-state index contributed by atoms with van der Waals surface area (Å²) in [5.74, 6) is 0.608. The van der Waals surface area contributed by atoms with E-state index in [1.807, 2.05) is 30.3 Å². The lowest BCUT2D eigenvalue weighted by Gasteiger charge is -2.30. The molecular weight excluding hydrogens is 366 g/mol. The third kappa shape index (κ3) is 2.95. The Morgan fingerprint density at radius 3 is 2.38 bits per heavy atom. The van der Waals surface area contributed by atoms with Crippen molar-refractivity contribution in [3.8, 4) is 16.9 Å². The van der Waals surface area contributed by atoms with Crippen LogP contribution in [0.4, 0.5) is 10.5 Å². The van der Waals surface area contributed by atoms with Gasteiger partial charge in [-0.2, -0.15) is 0 Å². The van der Waals surface area contributed by atoms with Crippen molar-refractivity contribution >= 4 is 11.8 Å². The Kier molecular flexibility index (Phi) is 4.45. The van der Waals surface area contributed by atoms with Crippen LogP contribution in [0.2, 0.25) is 0 Å². The molecule has 1 N–H and O–H groups in total. The number of para-hydroxylation sites is 1. The number of ether oxygens (including phenoxy) is 2. The summed E-state index contributed by atoms with van der Waals surface area (Å²) in [6.07, 6.45) is -0.419. The van der Waals surface area contributed by atoms with E-state index in [0.717, 1.165) is 0 Å². The average Bonchev–Trinajstić information content (AvgIpc) is 3.10. The first-order valence-electron chi connectivity index (χ1n) is 9.76. The first-order chi connectivity index (χ1) is 14.3. The maximum Gasteiger partial charge on any atom is 0.414 e. The highest BCUT2D eigenvalue weighted by Crippen LogP contribution is 2.44. The van der Waals surface area contributed by atoms with Crippen LogP contribution in [0.3, 0.4) is 0 Å². The van der Waals surface area contributed by atoms with Gasteiger partial charge in [0.1, 0.15) is 19.0 Å². The van der Waals surface area contributed by atoms with E-state index in [0.29, 0.717) is 30.2 Å². The van der Waals surface area contributed by atoms with Crippen molar-refractivity contribution < 1.29 is 19.4 Å². The maximum absolute atomic E-state index is 13.0. The van der Waals surface area contributed by atoms with E-state index in [2.05, 4.69) is 24.3 Å². The summed E-state index contributed by atoms with van der Waals surface area (Å²) in [5, 5.41) is 9.68. The van der Waals surface area contributed by atoms with Gasteiger partial charge in [-0.3, -0.25) is 4.90 Å². The quantitative estimate of drug-likeness (QED) is 0.727. The van der Waals surface area contributed by atoms with Gasteiger partial charge in [0.15, 0.2) is 0 Å². The molecule has 5 nitrogen and oxygen atoms in total. The fraction of sp³-hybridized carbons (Fsp3) is 0.208. The van der Waals surface area contributed by atoms with Crippen molar-refractivity contribution in [2.75, 3.05) is 24.7 Å². The molecular formula is C24H21NO4. The Labute approximate surface area is 169 Å². The van der Waals surface area contributed by atoms with Gasteiger partial charge in [-0.15, -0.1) is 0 Å². The second-order valence-electron chi connectivity index (χ2n) is 7.23. The first-order valence-corrected chi connectivity index (χ1v) is 9.76. The van der Waals surface area contributed by atoms with Crippen LogP contribution in [0.5, 0.6) is 5.75 Å². The number of nitrogens with zero attached hydrogens (tertiary/aromatic N) is 1. The maximum atomic E-state index is 13.0. The molecule has 0 saturated heterocycles. The van der Waals surface area contributed by atoms with E-state index in [1.54, 1.807) is 17.0 Å². The Bertz CT molecular complexity index is 1020. The Balaban J connectivity index is 1.40. The Hall–Kier alpha value is -3.31. The van der Waals surface area contributed by atoms with Gasteiger partial charge in [0, 0.05) is 11.5 Å². The molecule has 5 heteroatoms. The van der Waals surface area contributed by atoms with Gasteiger partial charge < -0.3 is 14.6 Å². The molecule has 0 spiro atoms. The van der Waals surface area contributed by atoms with Gasteiger partial charge in [0.05, 0.1) is 18.8 Å². The lowest BCUT2D eigenvalue weighted by Crippen LogP contribution is -2.39. The zero-order valence-corrected chi connectivity index (χ0v) is 15.9. The molecule has 1 amide bonds. The molecule has 0 aromatic heterocycles. The fourth-order valence-corrected chi connectivity index (χ4v) is 4.33. The molecule has 29 heavy (non-hydrogen) atoms. The number of rotatable bonds is 3. The van der Waals surface area contributed by atoms with Crippen molar-refractivity contribution in [1.82, 2.24) is 0 Å². The van der Waals surface area contributed by atoms with Crippen LogP contribution in [-0.2, 0) is 11.3 Å². The Morgan fingerprint density at radius 2 is 1.69 bits per heavy atom. The molecule has 1 aliphatic carbocycles. The lowest BCUT2D eigenvalue weighted by atomic mass is 9.98. The number of hydrogen-bond donors (Lipinski definition) is 1. The SMILES string of the molecule is O=C(OCC1c2ccccc2-c2ccccc21)N1CCOc2cccc(CO)c21. The molecule has 5 rings (SSSR count). The van der Waals surface area contributed by atoms with Crippen molar-refractivity contribution in [3.05, 3.63) is 83.4 Å². The van der Waals surface area contributed by atoms with Gasteiger partial charge in [0.25, 0.3) is 0 Å². The number of hydrogen-bond acceptors (Lipinski definition) is 4. The lowest BCUT2D eigenvalue weighted by molar-refractivity contribution is 0.147. The summed E-state index contributed by atoms with van der Waals surface area (Å²) in [4.78, 5) is 14.5. The number of aliphatic hydroxyl groups is 1. The van der Waals surface area contributed by atoms with Crippen LogP contribution >= 0.6 is 0 Å². The van der Waals surface area contributed by atoms with Gasteiger partial charge in [-0.05, 0) is 28.3 Å². The topological polar surface area (TPSA) is 59.0 Å². The molecule has 2 aliphatic rings. The summed E-state index contributed by atoms with van der Waals surface area (Å²) in [6.45, 7) is 0.882. The molecule has 3 aromatic rings. The molecule has 0 bridgehead atoms. The molecule has 0 radical (unpaired) electrons. The largest absolute Gasteiger partial charge is 0.490 e. The van der Waals surface area contributed by atoms with Crippen molar-refractivity contribution in [2.45, 2.75) is 12.5 Å². The number of aliphatic hydroxyl groups excluding tert-OH is 1. The predicted molar refractivity (Wildman–Crippen MR) is 110 cm³/mol. The number of carbonyl (C=O) groups excluding carboxylic acids is 1. The average molecular weight is 387 g/mol. The van der Waals surface area contributed by atoms with Gasteiger partial charge >= 0.3 is 6.09 Å². The summed E-state index contributed by atoms with van der Waals surface area (Å²) in [6, 6.07) is 21.9. The van der Waals surface area contributed by atoms with E-state index in [9.17, 15) is 9.90 Å². The zero-order chi connectivity index (χ0) is 19.8. The summed E-state index contributed by atoms with van der Waals surface area (Å²) < 4.78 is 11.4. The highest BCUT2D eigenvalue weighted by molar-refractivity contribution is 5.91. The fourth-order valence-electron chi connectivity index (χ4n) is 4.33. The van der Waals surface area contributed by atoms with Crippen molar-refractivity contribution in [2.24, 2.45) is 0 Å². The molecule has 0 unspecified atom stereocenters.